The first-order valence-corrected chi connectivity index (χ1v) is 6.87. The fourth-order valence-corrected chi connectivity index (χ4v) is 2.31. The highest BCUT2D eigenvalue weighted by Crippen LogP contribution is 2.33. The quantitative estimate of drug-likeness (QED) is 0.632. The van der Waals surface area contributed by atoms with Gasteiger partial charge in [-0.05, 0) is 42.0 Å². The van der Waals surface area contributed by atoms with Crippen LogP contribution in [0, 0.1) is 5.82 Å². The van der Waals surface area contributed by atoms with Crippen LogP contribution in [0.4, 0.5) is 4.39 Å². The third-order valence-electron chi connectivity index (χ3n) is 3.39. The normalized spacial score (nSPS) is 17.3. The summed E-state index contributed by atoms with van der Waals surface area (Å²) < 4.78 is 28.9. The smallest absolute Gasteiger partial charge is 0.363 e. The van der Waals surface area contributed by atoms with Gasteiger partial charge < -0.3 is 14.2 Å². The second-order valence-electron chi connectivity index (χ2n) is 4.96. The van der Waals surface area contributed by atoms with Crippen LogP contribution in [0.15, 0.2) is 53.2 Å². The minimum Gasteiger partial charge on any atom is -0.454 e. The average molecular weight is 311 g/mol. The number of esters is 1. The summed E-state index contributed by atoms with van der Waals surface area (Å²) in [5.41, 5.74) is 1.28. The summed E-state index contributed by atoms with van der Waals surface area (Å²) in [6.07, 6.45) is 1.58. The van der Waals surface area contributed by atoms with Gasteiger partial charge in [0.1, 0.15) is 5.82 Å². The van der Waals surface area contributed by atoms with E-state index in [0.717, 1.165) is 5.56 Å². The molecule has 0 N–H and O–H groups in total. The highest BCUT2D eigenvalue weighted by Gasteiger charge is 2.24. The maximum atomic E-state index is 13.3. The zero-order valence-corrected chi connectivity index (χ0v) is 11.8. The van der Waals surface area contributed by atoms with Crippen LogP contribution in [0.2, 0.25) is 0 Å². The molecule has 0 amide bonds. The highest BCUT2D eigenvalue weighted by molar-refractivity contribution is 6.12. The number of aliphatic imine (C=N–C) groups is 1. The lowest BCUT2D eigenvalue weighted by molar-refractivity contribution is -0.129. The lowest BCUT2D eigenvalue weighted by atomic mass is 10.1. The third kappa shape index (κ3) is 2.55. The van der Waals surface area contributed by atoms with Crippen molar-refractivity contribution in [1.29, 1.82) is 0 Å². The number of carbonyl (C=O) groups excluding carboxylic acids is 1. The van der Waals surface area contributed by atoms with E-state index in [4.69, 9.17) is 14.2 Å². The molecule has 2 aromatic rings. The van der Waals surface area contributed by atoms with Gasteiger partial charge >= 0.3 is 5.97 Å². The molecule has 6 heteroatoms. The van der Waals surface area contributed by atoms with Crippen LogP contribution in [0.3, 0.4) is 0 Å². The van der Waals surface area contributed by atoms with E-state index in [-0.39, 0.29) is 18.4 Å². The Morgan fingerprint density at radius 2 is 1.96 bits per heavy atom. The molecule has 2 aliphatic heterocycles. The molecule has 0 aromatic heterocycles. The topological polar surface area (TPSA) is 57.1 Å². The van der Waals surface area contributed by atoms with Crippen molar-refractivity contribution in [2.75, 3.05) is 6.79 Å². The van der Waals surface area contributed by atoms with Crippen molar-refractivity contribution in [2.24, 2.45) is 4.99 Å². The number of ether oxygens (including phenoxy) is 3. The van der Waals surface area contributed by atoms with Crippen LogP contribution in [0.1, 0.15) is 11.1 Å². The van der Waals surface area contributed by atoms with Crippen LogP contribution in [0.5, 0.6) is 11.5 Å². The Kier molecular flexibility index (Phi) is 3.08. The van der Waals surface area contributed by atoms with Gasteiger partial charge in [0.25, 0.3) is 0 Å². The molecule has 0 spiro atoms. The zero-order valence-electron chi connectivity index (χ0n) is 11.8. The van der Waals surface area contributed by atoms with E-state index in [1.165, 1.54) is 18.2 Å². The first-order valence-electron chi connectivity index (χ1n) is 6.87. The Morgan fingerprint density at radius 1 is 1.09 bits per heavy atom. The second-order valence-corrected chi connectivity index (χ2v) is 4.96. The summed E-state index contributed by atoms with van der Waals surface area (Å²) in [5, 5.41) is 0. The molecule has 2 heterocycles. The SMILES string of the molecule is O=C1OC(c2cccc(F)c2)=N/C1=C\c1ccc2c(c1)OCO2. The number of halogens is 1. The molecule has 0 fully saturated rings. The first kappa shape index (κ1) is 13.5. The van der Waals surface area contributed by atoms with Gasteiger partial charge in [-0.15, -0.1) is 0 Å². The van der Waals surface area contributed by atoms with Gasteiger partial charge in [-0.25, -0.2) is 14.2 Å². The molecular weight excluding hydrogens is 301 g/mol. The number of nitrogens with zero attached hydrogens (tertiary/aromatic N) is 1. The second kappa shape index (κ2) is 5.24. The number of carbonyl (C=O) groups is 1. The van der Waals surface area contributed by atoms with Gasteiger partial charge in [0.2, 0.25) is 12.7 Å². The molecule has 23 heavy (non-hydrogen) atoms. The maximum absolute atomic E-state index is 13.3. The van der Waals surface area contributed by atoms with Crippen molar-refractivity contribution >= 4 is 17.9 Å². The minimum absolute atomic E-state index is 0.0847. The molecule has 2 aromatic carbocycles. The van der Waals surface area contributed by atoms with Crippen LogP contribution < -0.4 is 9.47 Å². The number of hydrogen-bond acceptors (Lipinski definition) is 5. The van der Waals surface area contributed by atoms with Crippen LogP contribution >= 0.6 is 0 Å². The number of cyclic esters (lactones) is 1. The number of rotatable bonds is 2. The lowest BCUT2D eigenvalue weighted by Crippen LogP contribution is -2.05. The van der Waals surface area contributed by atoms with Crippen molar-refractivity contribution in [1.82, 2.24) is 0 Å². The lowest BCUT2D eigenvalue weighted by Gasteiger charge is -1.98. The van der Waals surface area contributed by atoms with Crippen molar-refractivity contribution in [3.8, 4) is 11.5 Å². The number of fused-ring (bicyclic) bond motifs is 1. The largest absolute Gasteiger partial charge is 0.454 e. The molecule has 0 unspecified atom stereocenters. The standard InChI is InChI=1S/C17H10FNO4/c18-12-3-1-2-11(8-12)16-19-13(17(20)23-16)6-10-4-5-14-15(7-10)22-9-21-14/h1-8H,9H2/b13-6-. The van der Waals surface area contributed by atoms with E-state index in [0.29, 0.717) is 17.1 Å². The van der Waals surface area contributed by atoms with E-state index in [1.807, 2.05) is 0 Å². The van der Waals surface area contributed by atoms with Gasteiger partial charge in [0.05, 0.1) is 0 Å². The molecule has 2 aliphatic rings. The molecule has 114 valence electrons. The predicted molar refractivity (Wildman–Crippen MR) is 79.6 cm³/mol. The Bertz CT molecular complexity index is 873. The van der Waals surface area contributed by atoms with Crippen molar-refractivity contribution in [3.05, 3.63) is 65.1 Å². The van der Waals surface area contributed by atoms with Crippen LogP contribution in [-0.4, -0.2) is 18.7 Å². The molecule has 5 nitrogen and oxygen atoms in total. The molecule has 0 saturated heterocycles. The monoisotopic (exact) mass is 311 g/mol. The maximum Gasteiger partial charge on any atom is 0.363 e. The summed E-state index contributed by atoms with van der Waals surface area (Å²) in [7, 11) is 0. The Hall–Kier alpha value is -3.15. The Balaban J connectivity index is 1.67. The van der Waals surface area contributed by atoms with Crippen molar-refractivity contribution in [2.45, 2.75) is 0 Å². The van der Waals surface area contributed by atoms with E-state index < -0.39 is 11.8 Å². The van der Waals surface area contributed by atoms with Crippen LogP contribution in [0.25, 0.3) is 6.08 Å². The van der Waals surface area contributed by atoms with Crippen molar-refractivity contribution in [3.63, 3.8) is 0 Å². The van der Waals surface area contributed by atoms with Gasteiger partial charge in [-0.3, -0.25) is 0 Å². The predicted octanol–water partition coefficient (Wildman–Crippen LogP) is 2.90. The Morgan fingerprint density at radius 3 is 2.83 bits per heavy atom. The van der Waals surface area contributed by atoms with E-state index in [9.17, 15) is 9.18 Å². The van der Waals surface area contributed by atoms with Gasteiger partial charge in [0.15, 0.2) is 17.2 Å². The molecule has 0 aliphatic carbocycles. The fourth-order valence-electron chi connectivity index (χ4n) is 2.31. The third-order valence-corrected chi connectivity index (χ3v) is 3.39. The van der Waals surface area contributed by atoms with E-state index >= 15 is 0 Å². The highest BCUT2D eigenvalue weighted by atomic mass is 19.1. The number of benzene rings is 2. The summed E-state index contributed by atoms with van der Waals surface area (Å²) in [6.45, 7) is 0.180. The molecule has 0 saturated carbocycles. The molecule has 0 bridgehead atoms. The average Bonchev–Trinajstić information content (AvgIpc) is 3.14. The minimum atomic E-state index is -0.582. The molecule has 0 radical (unpaired) electrons. The molecule has 4 rings (SSSR count). The zero-order chi connectivity index (χ0) is 15.8. The fraction of sp³-hybridized carbons (Fsp3) is 0.0588. The first-order chi connectivity index (χ1) is 11.2. The van der Waals surface area contributed by atoms with Gasteiger partial charge in [-0.2, -0.15) is 0 Å². The molecule has 0 atom stereocenters. The number of hydrogen-bond donors (Lipinski definition) is 0. The Labute approximate surface area is 130 Å². The van der Waals surface area contributed by atoms with Crippen LogP contribution in [-0.2, 0) is 9.53 Å². The van der Waals surface area contributed by atoms with E-state index in [1.54, 1.807) is 30.3 Å². The van der Waals surface area contributed by atoms with Gasteiger partial charge in [0, 0.05) is 5.56 Å². The summed E-state index contributed by atoms with van der Waals surface area (Å²) in [4.78, 5) is 16.1. The summed E-state index contributed by atoms with van der Waals surface area (Å²) >= 11 is 0. The van der Waals surface area contributed by atoms with E-state index in [2.05, 4.69) is 4.99 Å². The van der Waals surface area contributed by atoms with Crippen molar-refractivity contribution < 1.29 is 23.4 Å². The molecular formula is C17H10FNO4. The summed E-state index contributed by atoms with van der Waals surface area (Å²) in [6, 6.07) is 11.0. The van der Waals surface area contributed by atoms with Gasteiger partial charge in [-0.1, -0.05) is 12.1 Å². The summed E-state index contributed by atoms with van der Waals surface area (Å²) in [5.74, 6) is 0.350.